The van der Waals surface area contributed by atoms with Gasteiger partial charge in [-0.05, 0) is 35.9 Å². The molecule has 8 nitrogen and oxygen atoms in total. The van der Waals surface area contributed by atoms with Crippen LogP contribution in [0.25, 0.3) is 11.4 Å². The molecule has 1 aromatic heterocycles. The number of anilines is 1. The molecule has 22 heavy (non-hydrogen) atoms. The number of carbonyl (C=O) groups excluding carboxylic acids is 1. The standard InChI is InChI=1S/C14H20N6O2/c1-4-14(2,22)9-15-13(21)16-11-7-5-6-10(8-11)12-17-18-19-20(12)3/h5-8,22H,4,9H2,1-3H3,(H2,15,16,21)/t14-/m0/s1. The first-order valence-corrected chi connectivity index (χ1v) is 7.01. The van der Waals surface area contributed by atoms with Crippen LogP contribution in [0, 0.1) is 0 Å². The molecular weight excluding hydrogens is 284 g/mol. The number of nitrogens with one attached hydrogen (secondary N) is 2. The van der Waals surface area contributed by atoms with Crippen LogP contribution in [0.5, 0.6) is 0 Å². The van der Waals surface area contributed by atoms with Crippen molar-refractivity contribution in [2.45, 2.75) is 25.9 Å². The molecule has 118 valence electrons. The zero-order chi connectivity index (χ0) is 16.2. The van der Waals surface area contributed by atoms with Gasteiger partial charge in [-0.15, -0.1) is 5.10 Å². The molecule has 1 heterocycles. The fourth-order valence-electron chi connectivity index (χ4n) is 1.78. The summed E-state index contributed by atoms with van der Waals surface area (Å²) in [4.78, 5) is 11.9. The molecule has 1 atom stereocenters. The molecule has 0 fully saturated rings. The number of benzene rings is 1. The molecule has 2 aromatic rings. The van der Waals surface area contributed by atoms with E-state index in [1.165, 1.54) is 0 Å². The van der Waals surface area contributed by atoms with Crippen molar-refractivity contribution in [1.82, 2.24) is 25.5 Å². The summed E-state index contributed by atoms with van der Waals surface area (Å²) >= 11 is 0. The SMILES string of the molecule is CC[C@](C)(O)CNC(=O)Nc1cccc(-c2nnnn2C)c1. The predicted octanol–water partition coefficient (Wildman–Crippen LogP) is 1.16. The van der Waals surface area contributed by atoms with Crippen LogP contribution in [0.1, 0.15) is 20.3 Å². The van der Waals surface area contributed by atoms with Crippen molar-refractivity contribution in [3.8, 4) is 11.4 Å². The van der Waals surface area contributed by atoms with Gasteiger partial charge in [-0.1, -0.05) is 19.1 Å². The molecule has 0 aliphatic heterocycles. The van der Waals surface area contributed by atoms with Gasteiger partial charge in [0.15, 0.2) is 5.82 Å². The number of aromatic nitrogens is 4. The lowest BCUT2D eigenvalue weighted by molar-refractivity contribution is 0.0587. The molecule has 0 saturated carbocycles. The number of aliphatic hydroxyl groups is 1. The Labute approximate surface area is 128 Å². The van der Waals surface area contributed by atoms with E-state index in [0.29, 0.717) is 17.9 Å². The van der Waals surface area contributed by atoms with Gasteiger partial charge in [0.2, 0.25) is 0 Å². The highest BCUT2D eigenvalue weighted by molar-refractivity contribution is 5.89. The van der Waals surface area contributed by atoms with Crippen molar-refractivity contribution in [2.75, 3.05) is 11.9 Å². The predicted molar refractivity (Wildman–Crippen MR) is 82.2 cm³/mol. The summed E-state index contributed by atoms with van der Waals surface area (Å²) in [6, 6.07) is 6.84. The molecule has 8 heteroatoms. The Bertz CT molecular complexity index is 652. The summed E-state index contributed by atoms with van der Waals surface area (Å²) in [6.07, 6.45) is 0.557. The maximum atomic E-state index is 11.9. The second kappa shape index (κ2) is 6.52. The number of carbonyl (C=O) groups is 1. The molecular formula is C14H20N6O2. The molecule has 0 spiro atoms. The minimum atomic E-state index is -0.913. The fourth-order valence-corrected chi connectivity index (χ4v) is 1.78. The number of aryl methyl sites for hydroxylation is 1. The quantitative estimate of drug-likeness (QED) is 0.769. The largest absolute Gasteiger partial charge is 0.388 e. The van der Waals surface area contributed by atoms with Crippen LogP contribution in [0.15, 0.2) is 24.3 Å². The number of nitrogens with zero attached hydrogens (tertiary/aromatic N) is 4. The van der Waals surface area contributed by atoms with Gasteiger partial charge in [0.25, 0.3) is 0 Å². The van der Waals surface area contributed by atoms with E-state index in [4.69, 9.17) is 0 Å². The summed E-state index contributed by atoms with van der Waals surface area (Å²) in [5.41, 5.74) is 0.503. The lowest BCUT2D eigenvalue weighted by Crippen LogP contribution is -2.41. The van der Waals surface area contributed by atoms with E-state index >= 15 is 0 Å². The summed E-state index contributed by atoms with van der Waals surface area (Å²) in [6.45, 7) is 3.72. The van der Waals surface area contributed by atoms with E-state index in [-0.39, 0.29) is 12.6 Å². The number of urea groups is 1. The third-order valence-corrected chi connectivity index (χ3v) is 3.39. The van der Waals surface area contributed by atoms with Crippen LogP contribution in [0.3, 0.4) is 0 Å². The van der Waals surface area contributed by atoms with E-state index in [2.05, 4.69) is 26.2 Å². The normalized spacial score (nSPS) is 13.5. The molecule has 0 unspecified atom stereocenters. The maximum absolute atomic E-state index is 11.9. The van der Waals surface area contributed by atoms with E-state index < -0.39 is 5.60 Å². The highest BCUT2D eigenvalue weighted by atomic mass is 16.3. The molecule has 0 bridgehead atoms. The monoisotopic (exact) mass is 304 g/mol. The average Bonchev–Trinajstić information content (AvgIpc) is 2.92. The van der Waals surface area contributed by atoms with Gasteiger partial charge in [-0.25, -0.2) is 9.48 Å². The van der Waals surface area contributed by atoms with Crippen LogP contribution in [-0.4, -0.2) is 43.5 Å². The average molecular weight is 304 g/mol. The van der Waals surface area contributed by atoms with Gasteiger partial charge in [0.1, 0.15) is 0 Å². The zero-order valence-corrected chi connectivity index (χ0v) is 12.9. The van der Waals surface area contributed by atoms with Crippen molar-refractivity contribution in [3.63, 3.8) is 0 Å². The second-order valence-electron chi connectivity index (χ2n) is 5.37. The van der Waals surface area contributed by atoms with E-state index in [0.717, 1.165) is 5.56 Å². The summed E-state index contributed by atoms with van der Waals surface area (Å²) in [7, 11) is 1.75. The third-order valence-electron chi connectivity index (χ3n) is 3.39. The van der Waals surface area contributed by atoms with Gasteiger partial charge in [0.05, 0.1) is 5.60 Å². The molecule has 0 saturated heterocycles. The number of hydrogen-bond donors (Lipinski definition) is 3. The molecule has 0 radical (unpaired) electrons. The minimum Gasteiger partial charge on any atom is -0.388 e. The van der Waals surface area contributed by atoms with Crippen LogP contribution < -0.4 is 10.6 Å². The lowest BCUT2D eigenvalue weighted by Gasteiger charge is -2.21. The first-order valence-electron chi connectivity index (χ1n) is 7.01. The molecule has 0 aliphatic carbocycles. The van der Waals surface area contributed by atoms with E-state index in [1.54, 1.807) is 30.8 Å². The van der Waals surface area contributed by atoms with Gasteiger partial charge in [-0.2, -0.15) is 0 Å². The highest BCUT2D eigenvalue weighted by Crippen LogP contribution is 2.19. The molecule has 3 N–H and O–H groups in total. The van der Waals surface area contributed by atoms with Gasteiger partial charge in [-0.3, -0.25) is 0 Å². The van der Waals surface area contributed by atoms with E-state index in [1.807, 2.05) is 19.1 Å². The second-order valence-corrected chi connectivity index (χ2v) is 5.37. The summed E-state index contributed by atoms with van der Waals surface area (Å²) in [5.74, 6) is 0.609. The Kier molecular flexibility index (Phi) is 4.71. The Morgan fingerprint density at radius 3 is 2.86 bits per heavy atom. The number of amides is 2. The smallest absolute Gasteiger partial charge is 0.319 e. The van der Waals surface area contributed by atoms with Crippen molar-refractivity contribution >= 4 is 11.7 Å². The Balaban J connectivity index is 2.02. The summed E-state index contributed by atoms with van der Waals surface area (Å²) in [5, 5.41) is 26.5. The zero-order valence-electron chi connectivity index (χ0n) is 12.9. The number of hydrogen-bond acceptors (Lipinski definition) is 5. The molecule has 1 aromatic carbocycles. The number of tetrazole rings is 1. The number of rotatable bonds is 5. The Morgan fingerprint density at radius 2 is 2.23 bits per heavy atom. The van der Waals surface area contributed by atoms with Crippen molar-refractivity contribution < 1.29 is 9.90 Å². The molecule has 0 aliphatic rings. The Morgan fingerprint density at radius 1 is 1.45 bits per heavy atom. The minimum absolute atomic E-state index is 0.183. The van der Waals surface area contributed by atoms with E-state index in [9.17, 15) is 9.90 Å². The first kappa shape index (κ1) is 15.9. The van der Waals surface area contributed by atoms with Crippen molar-refractivity contribution in [3.05, 3.63) is 24.3 Å². The topological polar surface area (TPSA) is 105 Å². The van der Waals surface area contributed by atoms with Crippen LogP contribution >= 0.6 is 0 Å². The van der Waals surface area contributed by atoms with Crippen molar-refractivity contribution in [1.29, 1.82) is 0 Å². The Hall–Kier alpha value is -2.48. The van der Waals surface area contributed by atoms with Gasteiger partial charge >= 0.3 is 6.03 Å². The fraction of sp³-hybridized carbons (Fsp3) is 0.429. The maximum Gasteiger partial charge on any atom is 0.319 e. The van der Waals surface area contributed by atoms with Crippen LogP contribution in [0.4, 0.5) is 10.5 Å². The molecule has 2 amide bonds. The first-order chi connectivity index (χ1) is 10.4. The third kappa shape index (κ3) is 4.01. The highest BCUT2D eigenvalue weighted by Gasteiger charge is 2.18. The van der Waals surface area contributed by atoms with Crippen molar-refractivity contribution in [2.24, 2.45) is 7.05 Å². The summed E-state index contributed by atoms with van der Waals surface area (Å²) < 4.78 is 1.55. The van der Waals surface area contributed by atoms with Crippen LogP contribution in [-0.2, 0) is 7.05 Å². The lowest BCUT2D eigenvalue weighted by atomic mass is 10.0. The van der Waals surface area contributed by atoms with Gasteiger partial charge in [0, 0.05) is 24.8 Å². The van der Waals surface area contributed by atoms with Gasteiger partial charge < -0.3 is 15.7 Å². The van der Waals surface area contributed by atoms with Crippen LogP contribution in [0.2, 0.25) is 0 Å². The molecule has 2 rings (SSSR count).